The summed E-state index contributed by atoms with van der Waals surface area (Å²) in [5.74, 6) is -5.93. The number of alkyl halides is 3. The van der Waals surface area contributed by atoms with Gasteiger partial charge in [-0.1, -0.05) is 40.9 Å². The largest absolute Gasteiger partial charge is 0.463 e. The Balaban J connectivity index is 2.55. The van der Waals surface area contributed by atoms with E-state index in [-0.39, 0.29) is 0 Å². The van der Waals surface area contributed by atoms with E-state index in [1.54, 1.807) is 0 Å². The van der Waals surface area contributed by atoms with E-state index < -0.39 is 101 Å². The summed E-state index contributed by atoms with van der Waals surface area (Å²) in [6.45, 7) is 9.26. The van der Waals surface area contributed by atoms with Crippen LogP contribution in [-0.2, 0) is 57.1 Å². The van der Waals surface area contributed by atoms with Crippen molar-refractivity contribution in [2.24, 2.45) is 5.73 Å². The van der Waals surface area contributed by atoms with Crippen LogP contribution in [0.4, 0.5) is 0 Å². The van der Waals surface area contributed by atoms with Gasteiger partial charge in [-0.05, 0) is 13.8 Å². The van der Waals surface area contributed by atoms with Crippen molar-refractivity contribution in [3.05, 3.63) is 12.7 Å². The molecule has 15 nitrogen and oxygen atoms in total. The SMILES string of the molecule is C=C[C@H](O[C@@H]1O[C@H](COC(C)=O)[C@@H](OC(C)=O)[C@H](OC(C)=O)[C@H]1NC(=O)C(Cl)(Cl)Cl)[C@@H](O)[C@H]1OC(C)(C)O[C@@H]1C(N)=O. The van der Waals surface area contributed by atoms with E-state index in [9.17, 15) is 29.1 Å². The highest BCUT2D eigenvalue weighted by atomic mass is 35.6. The summed E-state index contributed by atoms with van der Waals surface area (Å²) in [5.41, 5.74) is 5.42. The molecule has 2 aliphatic rings. The molecule has 9 atom stereocenters. The first-order valence-corrected chi connectivity index (χ1v) is 13.5. The van der Waals surface area contributed by atoms with Crippen LogP contribution < -0.4 is 11.1 Å². The number of halogens is 3. The molecule has 2 amide bonds. The number of ether oxygens (including phenoxy) is 7. The van der Waals surface area contributed by atoms with Gasteiger partial charge >= 0.3 is 17.9 Å². The van der Waals surface area contributed by atoms with Crippen LogP contribution in [0.5, 0.6) is 0 Å². The molecule has 0 aromatic heterocycles. The Labute approximate surface area is 256 Å². The zero-order valence-corrected chi connectivity index (χ0v) is 25.5. The minimum atomic E-state index is -2.52. The molecule has 2 aliphatic heterocycles. The summed E-state index contributed by atoms with van der Waals surface area (Å²) in [6.07, 6.45) is -10.9. The molecule has 0 aromatic carbocycles. The lowest BCUT2D eigenvalue weighted by atomic mass is 9.95. The zero-order valence-electron chi connectivity index (χ0n) is 23.2. The van der Waals surface area contributed by atoms with Crippen molar-refractivity contribution in [2.45, 2.75) is 99.3 Å². The second-order valence-electron chi connectivity index (χ2n) is 9.74. The first-order valence-electron chi connectivity index (χ1n) is 12.4. The number of primary amides is 1. The van der Waals surface area contributed by atoms with Crippen LogP contribution in [-0.4, -0.2) is 106 Å². The number of rotatable bonds is 11. The number of aliphatic hydroxyl groups is 1. The summed E-state index contributed by atoms with van der Waals surface area (Å²) in [4.78, 5) is 60.4. The highest BCUT2D eigenvalue weighted by molar-refractivity contribution is 6.76. The first-order chi connectivity index (χ1) is 19.3. The van der Waals surface area contributed by atoms with E-state index >= 15 is 0 Å². The molecule has 0 saturated carbocycles. The second-order valence-corrected chi connectivity index (χ2v) is 12.0. The van der Waals surface area contributed by atoms with E-state index in [0.717, 1.165) is 26.8 Å². The quantitative estimate of drug-likeness (QED) is 0.115. The lowest BCUT2D eigenvalue weighted by molar-refractivity contribution is -0.292. The van der Waals surface area contributed by atoms with Gasteiger partial charge in [-0.3, -0.25) is 24.0 Å². The maximum atomic E-state index is 12.7. The molecular formula is C24H33Cl3N2O13. The third kappa shape index (κ3) is 9.64. The minimum Gasteiger partial charge on any atom is -0.463 e. The Hall–Kier alpha value is -2.24. The first kappa shape index (κ1) is 36.0. The Kier molecular flexibility index (Phi) is 12.4. The Morgan fingerprint density at radius 3 is 2.10 bits per heavy atom. The molecule has 2 fully saturated rings. The molecule has 0 unspecified atom stereocenters. The normalized spacial score (nSPS) is 30.4. The number of esters is 3. The van der Waals surface area contributed by atoms with Crippen LogP contribution in [0.2, 0.25) is 0 Å². The molecular weight excluding hydrogens is 631 g/mol. The Morgan fingerprint density at radius 2 is 1.62 bits per heavy atom. The van der Waals surface area contributed by atoms with Gasteiger partial charge in [-0.15, -0.1) is 6.58 Å². The number of aliphatic hydroxyl groups excluding tert-OH is 1. The zero-order chi connectivity index (χ0) is 32.2. The predicted octanol–water partition coefficient (Wildman–Crippen LogP) is -0.0697. The van der Waals surface area contributed by atoms with E-state index in [1.807, 2.05) is 0 Å². The Bertz CT molecular complexity index is 1050. The van der Waals surface area contributed by atoms with Gasteiger partial charge in [0.15, 0.2) is 30.4 Å². The molecule has 2 saturated heterocycles. The van der Waals surface area contributed by atoms with Gasteiger partial charge in [0.05, 0.1) is 0 Å². The van der Waals surface area contributed by atoms with Gasteiger partial charge in [-0.2, -0.15) is 0 Å². The highest BCUT2D eigenvalue weighted by Crippen LogP contribution is 2.34. The van der Waals surface area contributed by atoms with Gasteiger partial charge in [-0.25, -0.2) is 0 Å². The monoisotopic (exact) mass is 662 g/mol. The third-order valence-electron chi connectivity index (χ3n) is 5.86. The van der Waals surface area contributed by atoms with E-state index in [4.69, 9.17) is 73.7 Å². The summed E-state index contributed by atoms with van der Waals surface area (Å²) < 4.78 is 36.2. The van der Waals surface area contributed by atoms with Crippen molar-refractivity contribution in [2.75, 3.05) is 6.61 Å². The summed E-state index contributed by atoms with van der Waals surface area (Å²) in [6, 6.07) is -1.58. The van der Waals surface area contributed by atoms with Crippen molar-refractivity contribution in [3.8, 4) is 0 Å². The predicted molar refractivity (Wildman–Crippen MR) is 143 cm³/mol. The average molecular weight is 664 g/mol. The lowest BCUT2D eigenvalue weighted by Crippen LogP contribution is -2.68. The molecule has 0 bridgehead atoms. The molecule has 0 aliphatic carbocycles. The van der Waals surface area contributed by atoms with Crippen molar-refractivity contribution >= 4 is 64.5 Å². The molecule has 2 rings (SSSR count). The third-order valence-corrected chi connectivity index (χ3v) is 6.38. The topological polar surface area (TPSA) is 208 Å². The molecule has 0 spiro atoms. The fourth-order valence-corrected chi connectivity index (χ4v) is 4.45. The molecule has 42 heavy (non-hydrogen) atoms. The minimum absolute atomic E-state index is 0.533. The van der Waals surface area contributed by atoms with Crippen LogP contribution in [0.3, 0.4) is 0 Å². The number of nitrogens with two attached hydrogens (primary N) is 1. The van der Waals surface area contributed by atoms with Crippen LogP contribution in [0.25, 0.3) is 0 Å². The summed E-state index contributed by atoms with van der Waals surface area (Å²) in [5, 5.41) is 13.5. The lowest BCUT2D eigenvalue weighted by Gasteiger charge is -2.46. The van der Waals surface area contributed by atoms with E-state index in [1.165, 1.54) is 13.8 Å². The standard InChI is InChI=1S/C24H33Cl3N2O13/c1-7-12(15(33)18-19(20(28)34)42-23(5,6)41-18)39-21-14(29-22(35)24(25,26)27)17(38-11(4)32)16(37-10(3)31)13(40-21)8-36-9(2)30/h7,12-19,21,33H,1,8H2,2-6H3,(H2,28,34)(H,29,35)/t12-,13+,14+,15+,16+,17+,18+,19-,21+/m0/s1. The van der Waals surface area contributed by atoms with Crippen LogP contribution in [0.1, 0.15) is 34.6 Å². The molecule has 4 N–H and O–H groups in total. The average Bonchev–Trinajstić information content (AvgIpc) is 3.18. The number of carbonyl (C=O) groups excluding carboxylic acids is 5. The van der Waals surface area contributed by atoms with E-state index in [0.29, 0.717) is 0 Å². The fraction of sp³-hybridized carbons (Fsp3) is 0.708. The van der Waals surface area contributed by atoms with Crippen molar-refractivity contribution < 1.29 is 62.2 Å². The van der Waals surface area contributed by atoms with Crippen LogP contribution in [0, 0.1) is 0 Å². The van der Waals surface area contributed by atoms with Crippen LogP contribution in [0.15, 0.2) is 12.7 Å². The smallest absolute Gasteiger partial charge is 0.303 e. The van der Waals surface area contributed by atoms with Gasteiger partial charge in [0.25, 0.3) is 9.70 Å². The molecule has 0 radical (unpaired) electrons. The number of amides is 2. The van der Waals surface area contributed by atoms with Crippen molar-refractivity contribution in [1.29, 1.82) is 0 Å². The molecule has 18 heteroatoms. The van der Waals surface area contributed by atoms with Crippen molar-refractivity contribution in [1.82, 2.24) is 5.32 Å². The van der Waals surface area contributed by atoms with Gasteiger partial charge in [0.1, 0.15) is 37.1 Å². The molecule has 0 aromatic rings. The number of hydrogen-bond acceptors (Lipinski definition) is 13. The van der Waals surface area contributed by atoms with Gasteiger partial charge in [0, 0.05) is 20.8 Å². The molecule has 238 valence electrons. The summed E-state index contributed by atoms with van der Waals surface area (Å²) in [7, 11) is 0. The summed E-state index contributed by atoms with van der Waals surface area (Å²) >= 11 is 17.2. The number of nitrogens with one attached hydrogen (secondary N) is 1. The van der Waals surface area contributed by atoms with Crippen LogP contribution >= 0.6 is 34.8 Å². The highest BCUT2D eigenvalue weighted by Gasteiger charge is 2.55. The second kappa shape index (κ2) is 14.5. The van der Waals surface area contributed by atoms with E-state index in [2.05, 4.69) is 11.9 Å². The number of hydrogen-bond donors (Lipinski definition) is 3. The van der Waals surface area contributed by atoms with Gasteiger partial charge < -0.3 is 49.3 Å². The molecule has 2 heterocycles. The fourth-order valence-electron chi connectivity index (χ4n) is 4.28. The maximum absolute atomic E-state index is 12.7. The maximum Gasteiger partial charge on any atom is 0.303 e. The van der Waals surface area contributed by atoms with Crippen molar-refractivity contribution in [3.63, 3.8) is 0 Å². The number of carbonyl (C=O) groups is 5. The Morgan fingerprint density at radius 1 is 1.05 bits per heavy atom. The van der Waals surface area contributed by atoms with Gasteiger partial charge in [0.2, 0.25) is 5.91 Å².